The molecule has 0 radical (unpaired) electrons. The van der Waals surface area contributed by atoms with Crippen molar-refractivity contribution in [2.75, 3.05) is 26.2 Å². The summed E-state index contributed by atoms with van der Waals surface area (Å²) < 4.78 is 0. The van der Waals surface area contributed by atoms with Gasteiger partial charge in [0.15, 0.2) is 5.96 Å². The number of nitrogens with zero attached hydrogens (tertiary/aromatic N) is 2. The van der Waals surface area contributed by atoms with Gasteiger partial charge in [0.25, 0.3) is 0 Å². The Kier molecular flexibility index (Phi) is 6.18. The van der Waals surface area contributed by atoms with Crippen molar-refractivity contribution >= 4 is 41.8 Å². The maximum atomic E-state index is 12.8. The topological polar surface area (TPSA) is 73.8 Å². The molecule has 7 heteroatoms. The maximum Gasteiger partial charge on any atom is 0.233 e. The van der Waals surface area contributed by atoms with E-state index in [1.807, 2.05) is 6.92 Å². The first-order chi connectivity index (χ1) is 14.2. The SMILES string of the molecule is CCNC(=NCC1Cc2ccccc21)NCCN1C(=O)C2C3C=CC(C3)C2C1=O.I. The molecular formula is C23H29IN4O2. The number of imide groups is 1. The predicted octanol–water partition coefficient (Wildman–Crippen LogP) is 2.31. The molecule has 160 valence electrons. The van der Waals surface area contributed by atoms with Crippen molar-refractivity contribution in [3.63, 3.8) is 0 Å². The molecular weight excluding hydrogens is 491 g/mol. The number of fused-ring (bicyclic) bond motifs is 6. The number of amides is 2. The van der Waals surface area contributed by atoms with E-state index >= 15 is 0 Å². The maximum absolute atomic E-state index is 12.8. The zero-order chi connectivity index (χ0) is 20.0. The van der Waals surface area contributed by atoms with Gasteiger partial charge in [-0.05, 0) is 42.7 Å². The van der Waals surface area contributed by atoms with Crippen molar-refractivity contribution in [3.8, 4) is 0 Å². The minimum absolute atomic E-state index is 0. The van der Waals surface area contributed by atoms with E-state index in [9.17, 15) is 9.59 Å². The summed E-state index contributed by atoms with van der Waals surface area (Å²) in [5.41, 5.74) is 2.82. The third-order valence-corrected chi connectivity index (χ3v) is 6.96. The van der Waals surface area contributed by atoms with Crippen molar-refractivity contribution in [1.29, 1.82) is 0 Å². The van der Waals surface area contributed by atoms with Crippen molar-refractivity contribution in [2.45, 2.75) is 25.7 Å². The van der Waals surface area contributed by atoms with E-state index in [-0.39, 0.29) is 59.5 Å². The zero-order valence-corrected chi connectivity index (χ0v) is 19.5. The number of carbonyl (C=O) groups is 2. The Morgan fingerprint density at radius 2 is 1.80 bits per heavy atom. The predicted molar refractivity (Wildman–Crippen MR) is 127 cm³/mol. The van der Waals surface area contributed by atoms with Gasteiger partial charge < -0.3 is 10.6 Å². The van der Waals surface area contributed by atoms with Crippen LogP contribution in [0.25, 0.3) is 0 Å². The average Bonchev–Trinajstić information content (AvgIpc) is 3.38. The molecule has 1 heterocycles. The van der Waals surface area contributed by atoms with Crippen LogP contribution in [0.4, 0.5) is 0 Å². The Balaban J connectivity index is 0.00000218. The summed E-state index contributed by atoms with van der Waals surface area (Å²) in [5, 5.41) is 6.56. The fourth-order valence-electron chi connectivity index (χ4n) is 5.54. The average molecular weight is 520 g/mol. The normalized spacial score (nSPS) is 30.6. The lowest BCUT2D eigenvalue weighted by atomic mass is 9.78. The van der Waals surface area contributed by atoms with Crippen LogP contribution in [0.3, 0.4) is 0 Å². The lowest BCUT2D eigenvalue weighted by Crippen LogP contribution is -2.44. The summed E-state index contributed by atoms with van der Waals surface area (Å²) in [7, 11) is 0. The second-order valence-corrected chi connectivity index (χ2v) is 8.57. The minimum Gasteiger partial charge on any atom is -0.357 e. The van der Waals surface area contributed by atoms with Crippen LogP contribution in [-0.4, -0.2) is 48.9 Å². The van der Waals surface area contributed by atoms with Gasteiger partial charge in [-0.25, -0.2) is 0 Å². The molecule has 1 aromatic rings. The first-order valence-corrected chi connectivity index (χ1v) is 10.8. The summed E-state index contributed by atoms with van der Waals surface area (Å²) in [6, 6.07) is 8.53. The Morgan fingerprint density at radius 3 is 2.47 bits per heavy atom. The molecule has 4 aliphatic rings. The summed E-state index contributed by atoms with van der Waals surface area (Å²) in [6.45, 7) is 4.47. The van der Waals surface area contributed by atoms with E-state index in [0.717, 1.165) is 31.9 Å². The standard InChI is InChI=1S/C23H28N4O2.HI/c1-2-24-23(26-13-17-11-14-5-3-4-6-18(14)17)25-9-10-27-21(28)19-15-7-8-16(12-15)20(19)22(27)29;/h3-8,15-17,19-20H,2,9-13H2,1H3,(H2,24,25,26);1H. The molecule has 2 bridgehead atoms. The number of likely N-dealkylation sites (tertiary alicyclic amines) is 1. The number of nitrogens with one attached hydrogen (secondary N) is 2. The van der Waals surface area contributed by atoms with Crippen LogP contribution < -0.4 is 10.6 Å². The van der Waals surface area contributed by atoms with E-state index in [4.69, 9.17) is 4.99 Å². The third kappa shape index (κ3) is 3.55. The number of carbonyl (C=O) groups excluding carboxylic acids is 2. The molecule has 1 saturated heterocycles. The Hall–Kier alpha value is -1.90. The summed E-state index contributed by atoms with van der Waals surface area (Å²) in [6.07, 6.45) is 6.32. The van der Waals surface area contributed by atoms with Gasteiger partial charge in [0.1, 0.15) is 0 Å². The molecule has 1 saturated carbocycles. The quantitative estimate of drug-likeness (QED) is 0.199. The van der Waals surface area contributed by atoms with Gasteiger partial charge in [-0.1, -0.05) is 36.4 Å². The van der Waals surface area contributed by atoms with Crippen LogP contribution in [0, 0.1) is 23.7 Å². The molecule has 2 amide bonds. The summed E-state index contributed by atoms with van der Waals surface area (Å²) in [4.78, 5) is 31.7. The highest BCUT2D eigenvalue weighted by Gasteiger charge is 2.58. The van der Waals surface area contributed by atoms with Gasteiger partial charge in [-0.15, -0.1) is 24.0 Å². The molecule has 0 spiro atoms. The van der Waals surface area contributed by atoms with Crippen molar-refractivity contribution in [2.24, 2.45) is 28.7 Å². The van der Waals surface area contributed by atoms with Crippen LogP contribution in [-0.2, 0) is 16.0 Å². The molecule has 0 aromatic heterocycles. The third-order valence-electron chi connectivity index (χ3n) is 6.96. The fourth-order valence-corrected chi connectivity index (χ4v) is 5.54. The van der Waals surface area contributed by atoms with Crippen LogP contribution >= 0.6 is 24.0 Å². The highest BCUT2D eigenvalue weighted by atomic mass is 127. The zero-order valence-electron chi connectivity index (χ0n) is 17.2. The van der Waals surface area contributed by atoms with Gasteiger partial charge in [0, 0.05) is 32.1 Å². The molecule has 1 aliphatic heterocycles. The van der Waals surface area contributed by atoms with Gasteiger partial charge in [0.2, 0.25) is 11.8 Å². The molecule has 6 nitrogen and oxygen atoms in total. The number of hydrogen-bond donors (Lipinski definition) is 2. The Labute approximate surface area is 194 Å². The highest BCUT2D eigenvalue weighted by molar-refractivity contribution is 14.0. The van der Waals surface area contributed by atoms with Gasteiger partial charge in [0.05, 0.1) is 11.8 Å². The van der Waals surface area contributed by atoms with Gasteiger partial charge in [-0.3, -0.25) is 19.5 Å². The second-order valence-electron chi connectivity index (χ2n) is 8.57. The number of aliphatic imine (C=N–C) groups is 1. The molecule has 2 N–H and O–H groups in total. The minimum atomic E-state index is -0.113. The first kappa shape index (κ1) is 21.3. The van der Waals surface area contributed by atoms with Crippen LogP contribution in [0.15, 0.2) is 41.4 Å². The van der Waals surface area contributed by atoms with E-state index in [1.165, 1.54) is 16.0 Å². The van der Waals surface area contributed by atoms with E-state index < -0.39 is 0 Å². The largest absolute Gasteiger partial charge is 0.357 e. The molecule has 5 unspecified atom stereocenters. The molecule has 5 atom stereocenters. The smallest absolute Gasteiger partial charge is 0.233 e. The van der Waals surface area contributed by atoms with Crippen molar-refractivity contribution in [1.82, 2.24) is 15.5 Å². The number of benzene rings is 1. The van der Waals surface area contributed by atoms with Crippen molar-refractivity contribution in [3.05, 3.63) is 47.5 Å². The van der Waals surface area contributed by atoms with Crippen molar-refractivity contribution < 1.29 is 9.59 Å². The van der Waals surface area contributed by atoms with Crippen LogP contribution in [0.1, 0.15) is 30.4 Å². The fraction of sp³-hybridized carbons (Fsp3) is 0.522. The molecule has 2 fully saturated rings. The van der Waals surface area contributed by atoms with E-state index in [0.29, 0.717) is 19.0 Å². The molecule has 30 heavy (non-hydrogen) atoms. The van der Waals surface area contributed by atoms with E-state index in [2.05, 4.69) is 47.1 Å². The van der Waals surface area contributed by atoms with Gasteiger partial charge >= 0.3 is 0 Å². The van der Waals surface area contributed by atoms with E-state index in [1.54, 1.807) is 0 Å². The Morgan fingerprint density at radius 1 is 1.10 bits per heavy atom. The number of hydrogen-bond acceptors (Lipinski definition) is 3. The first-order valence-electron chi connectivity index (χ1n) is 10.8. The second kappa shape index (κ2) is 8.69. The molecule has 5 rings (SSSR count). The monoisotopic (exact) mass is 520 g/mol. The number of rotatable bonds is 6. The summed E-state index contributed by atoms with van der Waals surface area (Å²) in [5.74, 6) is 1.57. The lowest BCUT2D eigenvalue weighted by molar-refractivity contribution is -0.140. The Bertz CT molecular complexity index is 869. The number of guanidine groups is 1. The van der Waals surface area contributed by atoms with Crippen LogP contribution in [0.5, 0.6) is 0 Å². The number of allylic oxidation sites excluding steroid dienone is 2. The number of halogens is 1. The lowest BCUT2D eigenvalue weighted by Gasteiger charge is -2.29. The van der Waals surface area contributed by atoms with Gasteiger partial charge in [-0.2, -0.15) is 0 Å². The summed E-state index contributed by atoms with van der Waals surface area (Å²) >= 11 is 0. The van der Waals surface area contributed by atoms with Crippen LogP contribution in [0.2, 0.25) is 0 Å². The highest BCUT2D eigenvalue weighted by Crippen LogP contribution is 2.52. The molecule has 1 aromatic carbocycles. The molecule has 3 aliphatic carbocycles.